The van der Waals surface area contributed by atoms with Gasteiger partial charge in [0, 0.05) is 19.5 Å². The molecule has 0 N–H and O–H groups in total. The number of ether oxygens (including phenoxy) is 2. The molecule has 1 heterocycles. The molecule has 0 aliphatic carbocycles. The molecule has 0 spiro atoms. The number of carbonyl (C=O) groups excluding carboxylic acids is 1. The number of carbonyl (C=O) groups is 1. The average Bonchev–Trinajstić information content (AvgIpc) is 2.44. The molecule has 0 aromatic heterocycles. The second-order valence-corrected chi connectivity index (χ2v) is 3.33. The Bertz CT molecular complexity index is 238. The molecule has 0 radical (unpaired) electrons. The van der Waals surface area contributed by atoms with Crippen LogP contribution in [0.2, 0.25) is 0 Å². The van der Waals surface area contributed by atoms with Crippen LogP contribution in [-0.2, 0) is 9.47 Å². The molecule has 1 amide bonds. The van der Waals surface area contributed by atoms with Crippen LogP contribution in [0, 0.1) is 0 Å². The van der Waals surface area contributed by atoms with Crippen LogP contribution < -0.4 is 0 Å². The van der Waals surface area contributed by atoms with Crippen molar-refractivity contribution in [2.45, 2.75) is 26.7 Å². The summed E-state index contributed by atoms with van der Waals surface area (Å²) >= 11 is 0. The maximum atomic E-state index is 11.5. The number of amides is 1. The highest BCUT2D eigenvalue weighted by Crippen LogP contribution is 2.12. The highest BCUT2D eigenvalue weighted by molar-refractivity contribution is 5.67. The Morgan fingerprint density at radius 3 is 2.87 bits per heavy atom. The van der Waals surface area contributed by atoms with Crippen LogP contribution in [0.25, 0.3) is 0 Å². The van der Waals surface area contributed by atoms with Crippen LogP contribution in [-0.4, -0.2) is 37.3 Å². The van der Waals surface area contributed by atoms with E-state index in [2.05, 4.69) is 6.08 Å². The first-order chi connectivity index (χ1) is 7.27. The topological polar surface area (TPSA) is 38.8 Å². The fourth-order valence-corrected chi connectivity index (χ4v) is 1.55. The molecule has 1 aliphatic heterocycles. The van der Waals surface area contributed by atoms with Crippen molar-refractivity contribution in [3.05, 3.63) is 11.8 Å². The average molecular weight is 213 g/mol. The molecule has 0 bridgehead atoms. The number of nitrogens with zero attached hydrogens (tertiary/aromatic N) is 1. The molecule has 4 heteroatoms. The lowest BCUT2D eigenvalue weighted by atomic mass is 10.3. The molecular formula is C11H19NO3. The molecule has 0 aromatic carbocycles. The molecule has 0 saturated heterocycles. The first-order valence-corrected chi connectivity index (χ1v) is 5.51. The summed E-state index contributed by atoms with van der Waals surface area (Å²) in [7, 11) is 0. The Hall–Kier alpha value is -1.19. The van der Waals surface area contributed by atoms with E-state index in [-0.39, 0.29) is 6.09 Å². The third-order valence-electron chi connectivity index (χ3n) is 2.25. The van der Waals surface area contributed by atoms with Gasteiger partial charge in [-0.3, -0.25) is 0 Å². The number of hydrogen-bond donors (Lipinski definition) is 0. The fraction of sp³-hybridized carbons (Fsp3) is 0.727. The van der Waals surface area contributed by atoms with Crippen molar-refractivity contribution < 1.29 is 14.3 Å². The Balaban J connectivity index is 2.40. The minimum atomic E-state index is -0.219. The van der Waals surface area contributed by atoms with E-state index in [1.165, 1.54) is 0 Å². The van der Waals surface area contributed by atoms with Crippen molar-refractivity contribution >= 4 is 6.09 Å². The Morgan fingerprint density at radius 1 is 1.40 bits per heavy atom. The Morgan fingerprint density at radius 2 is 2.20 bits per heavy atom. The van der Waals surface area contributed by atoms with Crippen LogP contribution in [0.15, 0.2) is 11.8 Å². The van der Waals surface area contributed by atoms with Gasteiger partial charge >= 0.3 is 6.09 Å². The van der Waals surface area contributed by atoms with E-state index in [1.807, 2.05) is 13.8 Å². The summed E-state index contributed by atoms with van der Waals surface area (Å²) in [4.78, 5) is 13.2. The summed E-state index contributed by atoms with van der Waals surface area (Å²) in [5, 5.41) is 0. The standard InChI is InChI=1S/C11H19NO3/c1-3-14-10-6-5-8-12(9-7-10)11(13)15-4-2/h6H,3-5,7-9H2,1-2H3. The first kappa shape index (κ1) is 11.9. The van der Waals surface area contributed by atoms with Crippen molar-refractivity contribution in [2.75, 3.05) is 26.3 Å². The van der Waals surface area contributed by atoms with E-state index in [4.69, 9.17) is 9.47 Å². The summed E-state index contributed by atoms with van der Waals surface area (Å²) in [6.45, 7) is 6.31. The molecule has 0 atom stereocenters. The van der Waals surface area contributed by atoms with Crippen molar-refractivity contribution in [3.8, 4) is 0 Å². The van der Waals surface area contributed by atoms with Crippen molar-refractivity contribution in [3.63, 3.8) is 0 Å². The molecule has 15 heavy (non-hydrogen) atoms. The van der Waals surface area contributed by atoms with Gasteiger partial charge in [0.2, 0.25) is 0 Å². The first-order valence-electron chi connectivity index (χ1n) is 5.51. The second-order valence-electron chi connectivity index (χ2n) is 3.33. The molecule has 4 nitrogen and oxygen atoms in total. The highest BCUT2D eigenvalue weighted by atomic mass is 16.6. The maximum Gasteiger partial charge on any atom is 0.409 e. The molecule has 0 aromatic rings. The second kappa shape index (κ2) is 6.32. The lowest BCUT2D eigenvalue weighted by Crippen LogP contribution is -2.32. The third-order valence-corrected chi connectivity index (χ3v) is 2.25. The van der Waals surface area contributed by atoms with Crippen LogP contribution in [0.3, 0.4) is 0 Å². The molecule has 0 fully saturated rings. The summed E-state index contributed by atoms with van der Waals surface area (Å²) in [6.07, 6.45) is 3.47. The fourth-order valence-electron chi connectivity index (χ4n) is 1.55. The lowest BCUT2D eigenvalue weighted by Gasteiger charge is -2.19. The normalized spacial score (nSPS) is 16.7. The van der Waals surface area contributed by atoms with Gasteiger partial charge in [0.05, 0.1) is 19.0 Å². The van der Waals surface area contributed by atoms with Crippen LogP contribution in [0.1, 0.15) is 26.7 Å². The molecule has 1 aliphatic rings. The van der Waals surface area contributed by atoms with Crippen molar-refractivity contribution in [1.82, 2.24) is 4.90 Å². The largest absolute Gasteiger partial charge is 0.498 e. The monoisotopic (exact) mass is 213 g/mol. The SMILES string of the molecule is CCOC(=O)N1CCC=C(OCC)CC1. The third kappa shape index (κ3) is 3.81. The zero-order chi connectivity index (χ0) is 11.1. The summed E-state index contributed by atoms with van der Waals surface area (Å²) < 4.78 is 10.4. The van der Waals surface area contributed by atoms with Gasteiger partial charge in [-0.15, -0.1) is 0 Å². The molecule has 86 valence electrons. The van der Waals surface area contributed by atoms with E-state index in [0.717, 1.165) is 25.1 Å². The number of rotatable bonds is 3. The molecule has 0 unspecified atom stereocenters. The molecular weight excluding hydrogens is 194 g/mol. The van der Waals surface area contributed by atoms with Gasteiger partial charge < -0.3 is 14.4 Å². The smallest absolute Gasteiger partial charge is 0.409 e. The van der Waals surface area contributed by atoms with Gasteiger partial charge in [-0.05, 0) is 26.3 Å². The van der Waals surface area contributed by atoms with Crippen LogP contribution >= 0.6 is 0 Å². The predicted octanol–water partition coefficient (Wildman–Crippen LogP) is 2.16. The predicted molar refractivity (Wildman–Crippen MR) is 57.5 cm³/mol. The zero-order valence-corrected chi connectivity index (χ0v) is 9.49. The van der Waals surface area contributed by atoms with Gasteiger partial charge in [-0.2, -0.15) is 0 Å². The lowest BCUT2D eigenvalue weighted by molar-refractivity contribution is 0.107. The van der Waals surface area contributed by atoms with E-state index in [0.29, 0.717) is 19.8 Å². The minimum Gasteiger partial charge on any atom is -0.498 e. The van der Waals surface area contributed by atoms with Crippen LogP contribution in [0.5, 0.6) is 0 Å². The summed E-state index contributed by atoms with van der Waals surface area (Å²) in [5.41, 5.74) is 0. The summed E-state index contributed by atoms with van der Waals surface area (Å²) in [5.74, 6) is 0.990. The van der Waals surface area contributed by atoms with Crippen LogP contribution in [0.4, 0.5) is 4.79 Å². The molecule has 1 rings (SSSR count). The van der Waals surface area contributed by atoms with E-state index >= 15 is 0 Å². The Labute approximate surface area is 90.8 Å². The van der Waals surface area contributed by atoms with Crippen molar-refractivity contribution in [2.24, 2.45) is 0 Å². The maximum absolute atomic E-state index is 11.5. The zero-order valence-electron chi connectivity index (χ0n) is 9.49. The van der Waals surface area contributed by atoms with E-state index in [9.17, 15) is 4.79 Å². The van der Waals surface area contributed by atoms with Crippen molar-refractivity contribution in [1.29, 1.82) is 0 Å². The van der Waals surface area contributed by atoms with Gasteiger partial charge in [0.15, 0.2) is 0 Å². The van der Waals surface area contributed by atoms with Gasteiger partial charge in [0.1, 0.15) is 0 Å². The van der Waals surface area contributed by atoms with E-state index in [1.54, 1.807) is 4.90 Å². The molecule has 0 saturated carbocycles. The van der Waals surface area contributed by atoms with E-state index < -0.39 is 0 Å². The van der Waals surface area contributed by atoms with Gasteiger partial charge in [-0.1, -0.05) is 0 Å². The summed E-state index contributed by atoms with van der Waals surface area (Å²) in [6, 6.07) is 0. The minimum absolute atomic E-state index is 0.219. The quantitative estimate of drug-likeness (QED) is 0.721. The highest BCUT2D eigenvalue weighted by Gasteiger charge is 2.16. The number of hydrogen-bond acceptors (Lipinski definition) is 3. The van der Waals surface area contributed by atoms with Gasteiger partial charge in [-0.25, -0.2) is 4.79 Å². The Kier molecular flexibility index (Phi) is 5.01. The van der Waals surface area contributed by atoms with Gasteiger partial charge in [0.25, 0.3) is 0 Å².